The van der Waals surface area contributed by atoms with Crippen molar-refractivity contribution in [3.63, 3.8) is 0 Å². The molecule has 92 valence electrons. The van der Waals surface area contributed by atoms with E-state index in [-0.39, 0.29) is 5.54 Å². The van der Waals surface area contributed by atoms with Crippen LogP contribution >= 0.6 is 11.3 Å². The first-order chi connectivity index (χ1) is 8.61. The summed E-state index contributed by atoms with van der Waals surface area (Å²) in [5, 5.41) is 6.43. The van der Waals surface area contributed by atoms with E-state index in [1.54, 1.807) is 11.3 Å². The van der Waals surface area contributed by atoms with Gasteiger partial charge >= 0.3 is 0 Å². The van der Waals surface area contributed by atoms with Gasteiger partial charge in [-0.15, -0.1) is 17.8 Å². The highest BCUT2D eigenvalue weighted by Gasteiger charge is 2.13. The van der Waals surface area contributed by atoms with Crippen molar-refractivity contribution in [2.75, 3.05) is 0 Å². The van der Waals surface area contributed by atoms with Crippen molar-refractivity contribution in [2.45, 2.75) is 25.9 Å². The second-order valence-electron chi connectivity index (χ2n) is 4.62. The predicted octanol–water partition coefficient (Wildman–Crippen LogP) is 3.31. The van der Waals surface area contributed by atoms with Crippen LogP contribution in [0.3, 0.4) is 0 Å². The summed E-state index contributed by atoms with van der Waals surface area (Å²) in [5.74, 6) is 2.72. The molecule has 0 radical (unpaired) electrons. The standard InChI is InChI=1S/C15H16N2S/c1-4-15(2,3)16-10-14-17-13(11-18-14)12-8-6-5-7-9-12/h1,5-9,11,16H,10H2,2-3H3. The van der Waals surface area contributed by atoms with Gasteiger partial charge in [-0.3, -0.25) is 5.32 Å². The van der Waals surface area contributed by atoms with Crippen molar-refractivity contribution < 1.29 is 0 Å². The first-order valence-electron chi connectivity index (χ1n) is 5.83. The lowest BCUT2D eigenvalue weighted by Crippen LogP contribution is -2.36. The van der Waals surface area contributed by atoms with Crippen molar-refractivity contribution in [3.8, 4) is 23.6 Å². The number of nitrogens with one attached hydrogen (secondary N) is 1. The van der Waals surface area contributed by atoms with Crippen LogP contribution in [-0.2, 0) is 6.54 Å². The van der Waals surface area contributed by atoms with Crippen molar-refractivity contribution in [2.24, 2.45) is 0 Å². The predicted molar refractivity (Wildman–Crippen MR) is 77.3 cm³/mol. The maximum absolute atomic E-state index is 5.44. The number of rotatable bonds is 4. The second kappa shape index (κ2) is 5.34. The lowest BCUT2D eigenvalue weighted by atomic mass is 10.1. The van der Waals surface area contributed by atoms with E-state index in [1.807, 2.05) is 32.0 Å². The average molecular weight is 256 g/mol. The quantitative estimate of drug-likeness (QED) is 0.849. The summed E-state index contributed by atoms with van der Waals surface area (Å²) in [7, 11) is 0. The normalized spacial score (nSPS) is 11.2. The Morgan fingerprint density at radius 2 is 2.06 bits per heavy atom. The van der Waals surface area contributed by atoms with Crippen molar-refractivity contribution in [3.05, 3.63) is 40.7 Å². The van der Waals surface area contributed by atoms with Crippen LogP contribution in [0.5, 0.6) is 0 Å². The van der Waals surface area contributed by atoms with Crippen LogP contribution < -0.4 is 5.32 Å². The highest BCUT2D eigenvalue weighted by molar-refractivity contribution is 7.09. The largest absolute Gasteiger partial charge is 0.295 e. The van der Waals surface area contributed by atoms with Crippen LogP contribution in [0.25, 0.3) is 11.3 Å². The molecule has 2 aromatic rings. The number of terminal acetylenes is 1. The van der Waals surface area contributed by atoms with E-state index in [4.69, 9.17) is 6.42 Å². The summed E-state index contributed by atoms with van der Waals surface area (Å²) in [5.41, 5.74) is 1.88. The number of hydrogen-bond acceptors (Lipinski definition) is 3. The lowest BCUT2D eigenvalue weighted by Gasteiger charge is -2.18. The van der Waals surface area contributed by atoms with Crippen LogP contribution in [-0.4, -0.2) is 10.5 Å². The number of hydrogen-bond donors (Lipinski definition) is 1. The maximum atomic E-state index is 5.44. The molecule has 0 spiro atoms. The van der Waals surface area contributed by atoms with E-state index < -0.39 is 0 Å². The number of benzene rings is 1. The van der Waals surface area contributed by atoms with Crippen LogP contribution in [0.2, 0.25) is 0 Å². The van der Waals surface area contributed by atoms with Gasteiger partial charge in [0.2, 0.25) is 0 Å². The van der Waals surface area contributed by atoms with Gasteiger partial charge in [0.1, 0.15) is 5.01 Å². The molecule has 2 nitrogen and oxygen atoms in total. The highest BCUT2D eigenvalue weighted by Crippen LogP contribution is 2.21. The van der Waals surface area contributed by atoms with E-state index in [0.29, 0.717) is 6.54 Å². The Kier molecular flexibility index (Phi) is 3.81. The van der Waals surface area contributed by atoms with Crippen molar-refractivity contribution >= 4 is 11.3 Å². The molecule has 0 fully saturated rings. The molecule has 1 N–H and O–H groups in total. The third kappa shape index (κ3) is 3.19. The van der Waals surface area contributed by atoms with E-state index in [0.717, 1.165) is 16.3 Å². The van der Waals surface area contributed by atoms with Crippen LogP contribution in [0.4, 0.5) is 0 Å². The Labute approximate surface area is 112 Å². The topological polar surface area (TPSA) is 24.9 Å². The molecular formula is C15H16N2S. The van der Waals surface area contributed by atoms with Gasteiger partial charge in [0.05, 0.1) is 11.2 Å². The molecule has 0 amide bonds. The van der Waals surface area contributed by atoms with Crippen LogP contribution in [0, 0.1) is 12.3 Å². The molecule has 3 heteroatoms. The van der Waals surface area contributed by atoms with Crippen molar-refractivity contribution in [1.29, 1.82) is 0 Å². The molecule has 0 atom stereocenters. The molecule has 0 aliphatic carbocycles. The van der Waals surface area contributed by atoms with E-state index >= 15 is 0 Å². The Hall–Kier alpha value is -1.63. The number of aromatic nitrogens is 1. The van der Waals surface area contributed by atoms with Gasteiger partial charge in [0.15, 0.2) is 0 Å². The van der Waals surface area contributed by atoms with Crippen LogP contribution in [0.1, 0.15) is 18.9 Å². The minimum Gasteiger partial charge on any atom is -0.295 e. The molecule has 0 saturated carbocycles. The van der Waals surface area contributed by atoms with Gasteiger partial charge in [-0.05, 0) is 13.8 Å². The fraction of sp³-hybridized carbons (Fsp3) is 0.267. The Morgan fingerprint density at radius 3 is 2.72 bits per heavy atom. The summed E-state index contributed by atoms with van der Waals surface area (Å²) in [6, 6.07) is 10.2. The van der Waals surface area contributed by atoms with E-state index in [2.05, 4.69) is 33.7 Å². The third-order valence-electron chi connectivity index (χ3n) is 2.66. The molecule has 0 unspecified atom stereocenters. The minimum atomic E-state index is -0.293. The molecule has 0 aliphatic rings. The zero-order valence-electron chi connectivity index (χ0n) is 10.6. The summed E-state index contributed by atoms with van der Waals surface area (Å²) in [6.07, 6.45) is 5.44. The van der Waals surface area contributed by atoms with Gasteiger partial charge in [-0.2, -0.15) is 0 Å². The molecule has 1 aromatic carbocycles. The van der Waals surface area contributed by atoms with E-state index in [1.165, 1.54) is 0 Å². The van der Waals surface area contributed by atoms with Gasteiger partial charge < -0.3 is 0 Å². The Morgan fingerprint density at radius 1 is 1.33 bits per heavy atom. The zero-order chi connectivity index (χ0) is 13.0. The second-order valence-corrected chi connectivity index (χ2v) is 5.56. The minimum absolute atomic E-state index is 0.293. The molecule has 0 aliphatic heterocycles. The number of thiazole rings is 1. The Balaban J connectivity index is 2.06. The van der Waals surface area contributed by atoms with Gasteiger partial charge in [-0.25, -0.2) is 4.98 Å². The first kappa shape index (κ1) is 12.8. The first-order valence-corrected chi connectivity index (χ1v) is 6.71. The average Bonchev–Trinajstić information content (AvgIpc) is 2.86. The summed E-state index contributed by atoms with van der Waals surface area (Å²) in [4.78, 5) is 4.61. The van der Waals surface area contributed by atoms with Gasteiger partial charge in [-0.1, -0.05) is 36.3 Å². The van der Waals surface area contributed by atoms with Crippen LogP contribution in [0.15, 0.2) is 35.7 Å². The molecule has 2 rings (SSSR count). The molecule has 18 heavy (non-hydrogen) atoms. The third-order valence-corrected chi connectivity index (χ3v) is 3.51. The fourth-order valence-corrected chi connectivity index (χ4v) is 2.22. The number of nitrogens with zero attached hydrogens (tertiary/aromatic N) is 1. The fourth-order valence-electron chi connectivity index (χ4n) is 1.48. The Bertz CT molecular complexity index is 549. The smallest absolute Gasteiger partial charge is 0.107 e. The zero-order valence-corrected chi connectivity index (χ0v) is 11.4. The van der Waals surface area contributed by atoms with Gasteiger partial charge in [0, 0.05) is 17.5 Å². The van der Waals surface area contributed by atoms with Crippen molar-refractivity contribution in [1.82, 2.24) is 10.3 Å². The molecule has 1 heterocycles. The molecule has 1 aromatic heterocycles. The molecular weight excluding hydrogens is 240 g/mol. The molecule has 0 bridgehead atoms. The van der Waals surface area contributed by atoms with E-state index in [9.17, 15) is 0 Å². The van der Waals surface area contributed by atoms with Gasteiger partial charge in [0.25, 0.3) is 0 Å². The summed E-state index contributed by atoms with van der Waals surface area (Å²) in [6.45, 7) is 4.67. The monoisotopic (exact) mass is 256 g/mol. The summed E-state index contributed by atoms with van der Waals surface area (Å²) < 4.78 is 0. The SMILES string of the molecule is C#CC(C)(C)NCc1nc(-c2ccccc2)cs1. The lowest BCUT2D eigenvalue weighted by molar-refractivity contribution is 0.490. The maximum Gasteiger partial charge on any atom is 0.107 e. The molecule has 0 saturated heterocycles. The highest BCUT2D eigenvalue weighted by atomic mass is 32.1. The summed E-state index contributed by atoms with van der Waals surface area (Å²) >= 11 is 1.65.